The summed E-state index contributed by atoms with van der Waals surface area (Å²) >= 11 is 6.45. The lowest BCUT2D eigenvalue weighted by atomic mass is 9.48. The van der Waals surface area contributed by atoms with Crippen molar-refractivity contribution in [3.05, 3.63) is 22.7 Å². The van der Waals surface area contributed by atoms with E-state index in [1.807, 2.05) is 0 Å². The molecular weight excluding hydrogens is 312 g/mol. The molecule has 0 aliphatic heterocycles. The standard InChI is InChI=1S/C19H23ClO3/c1-22-14-6-15(20)17(16(7-14)23-2)18(21)19-8-11-3-12(9-19)5-13(4-11)10-19/h6-7,11-13H,3-5,8-10H2,1-2H3. The monoisotopic (exact) mass is 334 g/mol. The second kappa shape index (κ2) is 5.41. The number of Topliss-reactive ketones (excluding diaryl/α,β-unsaturated/α-hetero) is 1. The summed E-state index contributed by atoms with van der Waals surface area (Å²) < 4.78 is 10.7. The maximum atomic E-state index is 13.5. The summed E-state index contributed by atoms with van der Waals surface area (Å²) in [6.45, 7) is 0. The number of methoxy groups -OCH3 is 2. The van der Waals surface area contributed by atoms with Gasteiger partial charge in [-0.05, 0) is 62.3 Å². The normalized spacial score (nSPS) is 34.5. The molecule has 0 radical (unpaired) electrons. The first-order valence-corrected chi connectivity index (χ1v) is 8.89. The zero-order valence-corrected chi connectivity index (χ0v) is 14.5. The van der Waals surface area contributed by atoms with Crippen LogP contribution >= 0.6 is 11.6 Å². The van der Waals surface area contributed by atoms with Crippen molar-refractivity contribution in [2.45, 2.75) is 38.5 Å². The maximum Gasteiger partial charge on any atom is 0.174 e. The van der Waals surface area contributed by atoms with E-state index in [2.05, 4.69) is 0 Å². The fraction of sp³-hybridized carbons (Fsp3) is 0.632. The largest absolute Gasteiger partial charge is 0.497 e. The highest BCUT2D eigenvalue weighted by molar-refractivity contribution is 6.34. The zero-order valence-electron chi connectivity index (χ0n) is 13.7. The minimum atomic E-state index is -0.208. The van der Waals surface area contributed by atoms with Gasteiger partial charge in [0.15, 0.2) is 5.78 Å². The predicted molar refractivity (Wildman–Crippen MR) is 89.5 cm³/mol. The predicted octanol–water partition coefficient (Wildman–Crippen LogP) is 4.76. The Morgan fingerprint density at radius 2 is 1.61 bits per heavy atom. The average Bonchev–Trinajstić information content (AvgIpc) is 2.52. The van der Waals surface area contributed by atoms with Gasteiger partial charge in [0.2, 0.25) is 0 Å². The molecule has 0 heterocycles. The van der Waals surface area contributed by atoms with Crippen LogP contribution in [0.2, 0.25) is 5.02 Å². The van der Waals surface area contributed by atoms with Gasteiger partial charge in [-0.2, -0.15) is 0 Å². The molecule has 4 aliphatic rings. The van der Waals surface area contributed by atoms with Crippen LogP contribution in [0.15, 0.2) is 12.1 Å². The Labute approximate surface area is 142 Å². The molecule has 0 amide bonds. The van der Waals surface area contributed by atoms with Crippen molar-refractivity contribution in [3.63, 3.8) is 0 Å². The van der Waals surface area contributed by atoms with E-state index in [0.29, 0.717) is 22.1 Å². The molecule has 124 valence electrons. The molecular formula is C19H23ClO3. The van der Waals surface area contributed by atoms with Gasteiger partial charge in [0.25, 0.3) is 0 Å². The number of halogens is 1. The molecule has 4 bridgehead atoms. The number of carbonyl (C=O) groups excluding carboxylic acids is 1. The van der Waals surface area contributed by atoms with E-state index in [0.717, 1.165) is 37.0 Å². The van der Waals surface area contributed by atoms with Crippen molar-refractivity contribution in [1.29, 1.82) is 0 Å². The second-order valence-corrected chi connectivity index (χ2v) is 8.12. The summed E-state index contributed by atoms with van der Waals surface area (Å²) in [5, 5.41) is 0.446. The first-order valence-electron chi connectivity index (χ1n) is 8.51. The Morgan fingerprint density at radius 3 is 2.09 bits per heavy atom. The molecule has 3 nitrogen and oxygen atoms in total. The summed E-state index contributed by atoms with van der Waals surface area (Å²) in [6, 6.07) is 3.48. The lowest BCUT2D eigenvalue weighted by Crippen LogP contribution is -2.50. The fourth-order valence-corrected chi connectivity index (χ4v) is 6.00. The van der Waals surface area contributed by atoms with Gasteiger partial charge in [0.1, 0.15) is 11.5 Å². The number of hydrogen-bond donors (Lipinski definition) is 0. The summed E-state index contributed by atoms with van der Waals surface area (Å²) in [5.41, 5.74) is 0.345. The molecule has 23 heavy (non-hydrogen) atoms. The number of hydrogen-bond acceptors (Lipinski definition) is 3. The first-order chi connectivity index (χ1) is 11.0. The highest BCUT2D eigenvalue weighted by Gasteiger charge is 2.55. The topological polar surface area (TPSA) is 35.5 Å². The van der Waals surface area contributed by atoms with Crippen LogP contribution < -0.4 is 9.47 Å². The van der Waals surface area contributed by atoms with Crippen LogP contribution in [0.3, 0.4) is 0 Å². The first kappa shape index (κ1) is 15.3. The third-order valence-electron chi connectivity index (χ3n) is 6.23. The molecule has 1 aromatic carbocycles. The van der Waals surface area contributed by atoms with Crippen LogP contribution in [0.4, 0.5) is 0 Å². The van der Waals surface area contributed by atoms with Crippen LogP contribution in [0, 0.1) is 23.2 Å². The number of benzene rings is 1. The molecule has 4 heteroatoms. The smallest absolute Gasteiger partial charge is 0.174 e. The van der Waals surface area contributed by atoms with Gasteiger partial charge in [-0.3, -0.25) is 4.79 Å². The number of ether oxygens (including phenoxy) is 2. The fourth-order valence-electron chi connectivity index (χ4n) is 5.71. The minimum Gasteiger partial charge on any atom is -0.497 e. The molecule has 4 fully saturated rings. The van der Waals surface area contributed by atoms with Crippen molar-refractivity contribution in [2.75, 3.05) is 14.2 Å². The molecule has 0 unspecified atom stereocenters. The molecule has 5 rings (SSSR count). The van der Waals surface area contributed by atoms with E-state index >= 15 is 0 Å². The van der Waals surface area contributed by atoms with Crippen molar-refractivity contribution in [2.24, 2.45) is 23.2 Å². The summed E-state index contributed by atoms with van der Waals surface area (Å²) in [4.78, 5) is 13.5. The summed E-state index contributed by atoms with van der Waals surface area (Å²) in [7, 11) is 3.17. The number of ketones is 1. The number of rotatable bonds is 4. The van der Waals surface area contributed by atoms with Crippen LogP contribution in [-0.4, -0.2) is 20.0 Å². The van der Waals surface area contributed by atoms with Gasteiger partial charge in [-0.1, -0.05) is 11.6 Å². The highest BCUT2D eigenvalue weighted by Crippen LogP contribution is 2.61. The lowest BCUT2D eigenvalue weighted by molar-refractivity contribution is -0.0354. The Balaban J connectivity index is 1.75. The zero-order chi connectivity index (χ0) is 16.2. The quantitative estimate of drug-likeness (QED) is 0.745. The molecule has 4 saturated carbocycles. The molecule has 0 aromatic heterocycles. The Bertz CT molecular complexity index is 617. The Morgan fingerprint density at radius 1 is 1.04 bits per heavy atom. The third kappa shape index (κ3) is 2.36. The van der Waals surface area contributed by atoms with Crippen molar-refractivity contribution in [1.82, 2.24) is 0 Å². The second-order valence-electron chi connectivity index (χ2n) is 7.71. The summed E-state index contributed by atoms with van der Waals surface area (Å²) in [5.74, 6) is 3.54. The van der Waals surface area contributed by atoms with E-state index in [1.165, 1.54) is 19.3 Å². The minimum absolute atomic E-state index is 0.195. The molecule has 0 spiro atoms. The van der Waals surface area contributed by atoms with Gasteiger partial charge < -0.3 is 9.47 Å². The van der Waals surface area contributed by atoms with E-state index in [-0.39, 0.29) is 11.2 Å². The average molecular weight is 335 g/mol. The van der Waals surface area contributed by atoms with E-state index < -0.39 is 0 Å². The third-order valence-corrected chi connectivity index (χ3v) is 6.53. The Kier molecular flexibility index (Phi) is 3.60. The Hall–Kier alpha value is -1.22. The molecule has 0 N–H and O–H groups in total. The van der Waals surface area contributed by atoms with Gasteiger partial charge in [0, 0.05) is 11.5 Å². The van der Waals surface area contributed by atoms with Crippen LogP contribution in [-0.2, 0) is 0 Å². The highest BCUT2D eigenvalue weighted by atomic mass is 35.5. The summed E-state index contributed by atoms with van der Waals surface area (Å²) in [6.07, 6.45) is 7.05. The van der Waals surface area contributed by atoms with E-state index in [9.17, 15) is 4.79 Å². The maximum absolute atomic E-state index is 13.5. The van der Waals surface area contributed by atoms with Crippen molar-refractivity contribution >= 4 is 17.4 Å². The van der Waals surface area contributed by atoms with Crippen LogP contribution in [0.25, 0.3) is 0 Å². The SMILES string of the molecule is COc1cc(Cl)c(C(=O)C23CC4CC(CC(C4)C2)C3)c(OC)c1. The molecule has 4 aliphatic carbocycles. The van der Waals surface area contributed by atoms with Crippen LogP contribution in [0.5, 0.6) is 11.5 Å². The van der Waals surface area contributed by atoms with Crippen molar-refractivity contribution in [3.8, 4) is 11.5 Å². The number of carbonyl (C=O) groups is 1. The molecule has 0 atom stereocenters. The van der Waals surface area contributed by atoms with E-state index in [4.69, 9.17) is 21.1 Å². The lowest BCUT2D eigenvalue weighted by Gasteiger charge is -2.56. The van der Waals surface area contributed by atoms with Gasteiger partial charge in [-0.25, -0.2) is 0 Å². The van der Waals surface area contributed by atoms with Gasteiger partial charge in [-0.15, -0.1) is 0 Å². The van der Waals surface area contributed by atoms with Crippen LogP contribution in [0.1, 0.15) is 48.9 Å². The van der Waals surface area contributed by atoms with Crippen molar-refractivity contribution < 1.29 is 14.3 Å². The van der Waals surface area contributed by atoms with Gasteiger partial charge >= 0.3 is 0 Å². The van der Waals surface area contributed by atoms with E-state index in [1.54, 1.807) is 26.4 Å². The molecule has 0 saturated heterocycles. The van der Waals surface area contributed by atoms with Gasteiger partial charge in [0.05, 0.1) is 24.8 Å². The molecule has 1 aromatic rings.